The molecule has 0 aliphatic rings. The maximum atomic E-state index is 12.3. The zero-order valence-corrected chi connectivity index (χ0v) is 21.9. The van der Waals surface area contributed by atoms with Gasteiger partial charge in [-0.1, -0.05) is 36.2 Å². The summed E-state index contributed by atoms with van der Waals surface area (Å²) in [6.45, 7) is 4.32. The molecule has 6 nitrogen and oxygen atoms in total. The predicted octanol–water partition coefficient (Wildman–Crippen LogP) is 6.36. The van der Waals surface area contributed by atoms with Gasteiger partial charge in [-0.2, -0.15) is 0 Å². The van der Waals surface area contributed by atoms with Gasteiger partial charge in [0, 0.05) is 25.1 Å². The first kappa shape index (κ1) is 26.3. The molecule has 3 aromatic carbocycles. The van der Waals surface area contributed by atoms with Crippen molar-refractivity contribution in [3.05, 3.63) is 89.7 Å². The normalized spacial score (nSPS) is 11.0. The van der Waals surface area contributed by atoms with Gasteiger partial charge >= 0.3 is 0 Å². The number of fused-ring (bicyclic) bond motifs is 1. The van der Waals surface area contributed by atoms with Crippen molar-refractivity contribution in [3.63, 3.8) is 0 Å². The van der Waals surface area contributed by atoms with E-state index < -0.39 is 0 Å². The monoisotopic (exact) mass is 499 g/mol. The molecule has 0 saturated carbocycles. The van der Waals surface area contributed by atoms with E-state index in [0.717, 1.165) is 73.5 Å². The number of ether oxygens (including phenoxy) is 2. The number of unbranched alkanes of at least 4 members (excludes halogenated alkanes) is 3. The molecule has 37 heavy (non-hydrogen) atoms. The summed E-state index contributed by atoms with van der Waals surface area (Å²) in [4.78, 5) is 17.2. The molecule has 0 radical (unpaired) electrons. The number of aryl methyl sites for hydroxylation is 3. The summed E-state index contributed by atoms with van der Waals surface area (Å²) in [5.74, 6) is 2.84. The molecule has 0 spiro atoms. The van der Waals surface area contributed by atoms with Crippen LogP contribution >= 0.6 is 0 Å². The van der Waals surface area contributed by atoms with E-state index in [0.29, 0.717) is 18.7 Å². The van der Waals surface area contributed by atoms with Gasteiger partial charge in [0.05, 0.1) is 24.8 Å². The number of para-hydroxylation sites is 2. The zero-order valence-electron chi connectivity index (χ0n) is 21.9. The Kier molecular flexibility index (Phi) is 9.58. The summed E-state index contributed by atoms with van der Waals surface area (Å²) in [5.41, 5.74) is 4.12. The maximum Gasteiger partial charge on any atom is 0.251 e. The lowest BCUT2D eigenvalue weighted by molar-refractivity contribution is 0.0953. The Balaban J connectivity index is 1.20. The number of amides is 1. The van der Waals surface area contributed by atoms with Crippen molar-refractivity contribution < 1.29 is 14.3 Å². The number of rotatable bonds is 14. The van der Waals surface area contributed by atoms with E-state index in [1.54, 1.807) is 7.11 Å². The van der Waals surface area contributed by atoms with E-state index in [2.05, 4.69) is 28.1 Å². The van der Waals surface area contributed by atoms with Crippen molar-refractivity contribution in [1.29, 1.82) is 0 Å². The lowest BCUT2D eigenvalue weighted by atomic mass is 10.1. The Morgan fingerprint density at radius 1 is 0.865 bits per heavy atom. The first-order valence-electron chi connectivity index (χ1n) is 13.2. The van der Waals surface area contributed by atoms with Gasteiger partial charge in [-0.05, 0) is 81.1 Å². The second-order valence-electron chi connectivity index (χ2n) is 9.33. The number of nitrogens with zero attached hydrogens (tertiary/aromatic N) is 2. The number of imidazole rings is 1. The summed E-state index contributed by atoms with van der Waals surface area (Å²) < 4.78 is 13.4. The molecule has 0 aliphatic carbocycles. The molecule has 0 bridgehead atoms. The standard InChI is InChI=1S/C31H37N3O3/c1-24-13-15-25(16-14-24)31(35)32-21-7-3-4-12-30-33-28-10-5-6-11-29(28)34(30)22-8-9-23-37-27-19-17-26(36-2)18-20-27/h5-6,10-11,13-20H,3-4,7-9,12,21-23H2,1-2H3,(H,32,35). The second-order valence-corrected chi connectivity index (χ2v) is 9.33. The van der Waals surface area contributed by atoms with Crippen LogP contribution in [0.4, 0.5) is 0 Å². The zero-order chi connectivity index (χ0) is 25.9. The molecule has 6 heteroatoms. The average Bonchev–Trinajstić information content (AvgIpc) is 3.28. The number of nitrogens with one attached hydrogen (secondary N) is 1. The Morgan fingerprint density at radius 3 is 2.41 bits per heavy atom. The molecule has 0 aliphatic heterocycles. The fraction of sp³-hybridized carbons (Fsp3) is 0.355. The molecule has 0 saturated heterocycles. The van der Waals surface area contributed by atoms with Gasteiger partial charge in [0.2, 0.25) is 0 Å². The summed E-state index contributed by atoms with van der Waals surface area (Å²) in [6, 6.07) is 23.8. The van der Waals surface area contributed by atoms with E-state index in [1.807, 2.05) is 61.5 Å². The van der Waals surface area contributed by atoms with Crippen molar-refractivity contribution in [2.45, 2.75) is 52.0 Å². The van der Waals surface area contributed by atoms with Gasteiger partial charge < -0.3 is 19.4 Å². The smallest absolute Gasteiger partial charge is 0.251 e. The molecule has 4 aromatic rings. The van der Waals surface area contributed by atoms with Crippen LogP contribution in [0.1, 0.15) is 53.8 Å². The van der Waals surface area contributed by atoms with Crippen molar-refractivity contribution in [2.75, 3.05) is 20.3 Å². The minimum absolute atomic E-state index is 0.00207. The van der Waals surface area contributed by atoms with Crippen LogP contribution in [-0.4, -0.2) is 35.7 Å². The number of carbonyl (C=O) groups excluding carboxylic acids is 1. The SMILES string of the molecule is COc1ccc(OCCCCn2c(CCCCCNC(=O)c3ccc(C)cc3)nc3ccccc32)cc1. The molecule has 1 amide bonds. The third-order valence-electron chi connectivity index (χ3n) is 6.51. The number of methoxy groups -OCH3 is 1. The van der Waals surface area contributed by atoms with Gasteiger partial charge in [0.1, 0.15) is 17.3 Å². The van der Waals surface area contributed by atoms with Gasteiger partial charge in [0.15, 0.2) is 0 Å². The molecule has 0 fully saturated rings. The van der Waals surface area contributed by atoms with Crippen LogP contribution in [0.25, 0.3) is 11.0 Å². The number of carbonyl (C=O) groups is 1. The van der Waals surface area contributed by atoms with E-state index in [-0.39, 0.29) is 5.91 Å². The summed E-state index contributed by atoms with van der Waals surface area (Å²) >= 11 is 0. The summed E-state index contributed by atoms with van der Waals surface area (Å²) in [7, 11) is 1.66. The highest BCUT2D eigenvalue weighted by Crippen LogP contribution is 2.20. The lowest BCUT2D eigenvalue weighted by Crippen LogP contribution is -2.24. The first-order valence-corrected chi connectivity index (χ1v) is 13.2. The number of benzene rings is 3. The Hall–Kier alpha value is -3.80. The molecule has 1 N–H and O–H groups in total. The van der Waals surface area contributed by atoms with Crippen LogP contribution in [0.3, 0.4) is 0 Å². The van der Waals surface area contributed by atoms with Crippen molar-refractivity contribution in [3.8, 4) is 11.5 Å². The quantitative estimate of drug-likeness (QED) is 0.205. The molecule has 0 unspecified atom stereocenters. The maximum absolute atomic E-state index is 12.3. The van der Waals surface area contributed by atoms with Crippen LogP contribution in [0.2, 0.25) is 0 Å². The highest BCUT2D eigenvalue weighted by Gasteiger charge is 2.10. The topological polar surface area (TPSA) is 65.4 Å². The third-order valence-corrected chi connectivity index (χ3v) is 6.51. The lowest BCUT2D eigenvalue weighted by Gasteiger charge is -2.11. The van der Waals surface area contributed by atoms with Crippen LogP contribution in [-0.2, 0) is 13.0 Å². The fourth-order valence-corrected chi connectivity index (χ4v) is 4.39. The Bertz CT molecular complexity index is 1260. The first-order chi connectivity index (χ1) is 18.1. The van der Waals surface area contributed by atoms with Gasteiger partial charge in [-0.15, -0.1) is 0 Å². The molecule has 1 heterocycles. The molecular formula is C31H37N3O3. The van der Waals surface area contributed by atoms with Crippen LogP contribution in [0.15, 0.2) is 72.8 Å². The predicted molar refractivity (Wildman–Crippen MR) is 149 cm³/mol. The molecular weight excluding hydrogens is 462 g/mol. The Labute approximate surface area is 219 Å². The van der Waals surface area contributed by atoms with Gasteiger partial charge in [-0.25, -0.2) is 4.98 Å². The van der Waals surface area contributed by atoms with Gasteiger partial charge in [0.25, 0.3) is 5.91 Å². The van der Waals surface area contributed by atoms with Crippen molar-refractivity contribution in [1.82, 2.24) is 14.9 Å². The van der Waals surface area contributed by atoms with E-state index >= 15 is 0 Å². The minimum Gasteiger partial charge on any atom is -0.497 e. The third kappa shape index (κ3) is 7.59. The molecule has 194 valence electrons. The van der Waals surface area contributed by atoms with Crippen molar-refractivity contribution >= 4 is 16.9 Å². The molecule has 4 rings (SSSR count). The van der Waals surface area contributed by atoms with E-state index in [1.165, 1.54) is 5.52 Å². The largest absolute Gasteiger partial charge is 0.497 e. The summed E-state index contributed by atoms with van der Waals surface area (Å²) in [5, 5.41) is 3.03. The van der Waals surface area contributed by atoms with Crippen molar-refractivity contribution in [2.24, 2.45) is 0 Å². The van der Waals surface area contributed by atoms with E-state index in [9.17, 15) is 4.79 Å². The fourth-order valence-electron chi connectivity index (χ4n) is 4.39. The van der Waals surface area contributed by atoms with E-state index in [4.69, 9.17) is 14.5 Å². The Morgan fingerprint density at radius 2 is 1.62 bits per heavy atom. The highest BCUT2D eigenvalue weighted by molar-refractivity contribution is 5.94. The average molecular weight is 500 g/mol. The summed E-state index contributed by atoms with van der Waals surface area (Å²) in [6.07, 6.45) is 5.98. The molecule has 1 aromatic heterocycles. The minimum atomic E-state index is -0.00207. The van der Waals surface area contributed by atoms with Gasteiger partial charge in [-0.3, -0.25) is 4.79 Å². The van der Waals surface area contributed by atoms with Crippen LogP contribution < -0.4 is 14.8 Å². The van der Waals surface area contributed by atoms with Crippen LogP contribution in [0, 0.1) is 6.92 Å². The van der Waals surface area contributed by atoms with Crippen LogP contribution in [0.5, 0.6) is 11.5 Å². The highest BCUT2D eigenvalue weighted by atomic mass is 16.5. The molecule has 0 atom stereocenters. The second kappa shape index (κ2) is 13.5. The number of hydrogen-bond acceptors (Lipinski definition) is 4. The number of aromatic nitrogens is 2. The number of hydrogen-bond donors (Lipinski definition) is 1.